The van der Waals surface area contributed by atoms with Gasteiger partial charge in [0.1, 0.15) is 0 Å². The fraction of sp³-hybridized carbons (Fsp3) is 0.357. The van der Waals surface area contributed by atoms with E-state index in [1.165, 1.54) is 10.9 Å². The number of aromatic amines is 1. The molecule has 0 bridgehead atoms. The smallest absolute Gasteiger partial charge is 0.217 e. The van der Waals surface area contributed by atoms with Crippen LogP contribution in [-0.4, -0.2) is 10.9 Å². The number of H-pyrrole nitrogens is 1. The van der Waals surface area contributed by atoms with Gasteiger partial charge in [0.25, 0.3) is 0 Å². The van der Waals surface area contributed by atoms with Crippen molar-refractivity contribution in [2.45, 2.75) is 32.2 Å². The Labute approximate surface area is 111 Å². The van der Waals surface area contributed by atoms with Crippen molar-refractivity contribution in [1.82, 2.24) is 10.3 Å². The van der Waals surface area contributed by atoms with Gasteiger partial charge in [0, 0.05) is 18.0 Å². The highest BCUT2D eigenvalue weighted by atomic mass is 35.5. The summed E-state index contributed by atoms with van der Waals surface area (Å²) in [5.74, 6) is 0.0117. The van der Waals surface area contributed by atoms with E-state index in [4.69, 9.17) is 11.6 Å². The number of rotatable bonds is 1. The van der Waals surface area contributed by atoms with Crippen molar-refractivity contribution in [2.24, 2.45) is 0 Å². The summed E-state index contributed by atoms with van der Waals surface area (Å²) in [4.78, 5) is 14.6. The summed E-state index contributed by atoms with van der Waals surface area (Å²) < 4.78 is 0. The van der Waals surface area contributed by atoms with Crippen molar-refractivity contribution in [2.75, 3.05) is 0 Å². The van der Waals surface area contributed by atoms with E-state index < -0.39 is 0 Å². The van der Waals surface area contributed by atoms with Gasteiger partial charge in [0.15, 0.2) is 0 Å². The zero-order valence-corrected chi connectivity index (χ0v) is 11.0. The topological polar surface area (TPSA) is 44.9 Å². The second-order valence-corrected chi connectivity index (χ2v) is 5.23. The predicted molar refractivity (Wildman–Crippen MR) is 72.8 cm³/mol. The number of amides is 1. The normalized spacial score (nSPS) is 18.7. The minimum atomic E-state index is 0.0117. The van der Waals surface area contributed by atoms with Crippen LogP contribution in [-0.2, 0) is 11.2 Å². The van der Waals surface area contributed by atoms with Crippen LogP contribution in [0.2, 0.25) is 5.02 Å². The Morgan fingerprint density at radius 3 is 3.11 bits per heavy atom. The van der Waals surface area contributed by atoms with Crippen LogP contribution in [0.3, 0.4) is 0 Å². The minimum absolute atomic E-state index is 0.0117. The molecule has 3 rings (SSSR count). The number of carbonyl (C=O) groups is 1. The van der Waals surface area contributed by atoms with E-state index in [1.54, 1.807) is 6.92 Å². The number of aryl methyl sites for hydroxylation is 1. The first-order valence-electron chi connectivity index (χ1n) is 6.23. The lowest BCUT2D eigenvalue weighted by Gasteiger charge is -2.23. The molecule has 2 N–H and O–H groups in total. The van der Waals surface area contributed by atoms with Crippen molar-refractivity contribution in [3.8, 4) is 0 Å². The number of benzene rings is 1. The van der Waals surface area contributed by atoms with Crippen LogP contribution < -0.4 is 5.32 Å². The molecule has 0 saturated carbocycles. The van der Waals surface area contributed by atoms with E-state index in [0.29, 0.717) is 0 Å². The summed E-state index contributed by atoms with van der Waals surface area (Å²) in [5.41, 5.74) is 3.42. The lowest BCUT2D eigenvalue weighted by Crippen LogP contribution is -2.28. The molecule has 4 heteroatoms. The standard InChI is InChI=1S/C14H15ClN2O/c1-8(18)16-12-7-3-5-10-9-4-2-6-11(15)13(9)17-14(10)12/h2,4,6,12,17H,3,5,7H2,1H3,(H,16,18)/t12-/m1/s1. The highest BCUT2D eigenvalue weighted by Crippen LogP contribution is 2.36. The Hall–Kier alpha value is -1.48. The van der Waals surface area contributed by atoms with Crippen LogP contribution >= 0.6 is 11.6 Å². The number of para-hydroxylation sites is 1. The average molecular weight is 263 g/mol. The molecule has 1 aromatic carbocycles. The quantitative estimate of drug-likeness (QED) is 0.813. The number of hydrogen-bond donors (Lipinski definition) is 2. The van der Waals surface area contributed by atoms with Gasteiger partial charge in [-0.3, -0.25) is 4.79 Å². The second kappa shape index (κ2) is 4.32. The van der Waals surface area contributed by atoms with Gasteiger partial charge in [-0.25, -0.2) is 0 Å². The molecule has 1 atom stereocenters. The predicted octanol–water partition coefficient (Wildman–Crippen LogP) is 3.33. The molecule has 1 heterocycles. The number of fused-ring (bicyclic) bond motifs is 3. The molecular formula is C14H15ClN2O. The lowest BCUT2D eigenvalue weighted by molar-refractivity contribution is -0.119. The third-order valence-electron chi connectivity index (χ3n) is 3.57. The minimum Gasteiger partial charge on any atom is -0.355 e. The maximum Gasteiger partial charge on any atom is 0.217 e. The highest BCUT2D eigenvalue weighted by Gasteiger charge is 2.25. The fourth-order valence-corrected chi connectivity index (χ4v) is 3.06. The first-order valence-corrected chi connectivity index (χ1v) is 6.60. The van der Waals surface area contributed by atoms with E-state index in [-0.39, 0.29) is 11.9 Å². The van der Waals surface area contributed by atoms with Crippen LogP contribution in [0, 0.1) is 0 Å². The van der Waals surface area contributed by atoms with Gasteiger partial charge in [-0.2, -0.15) is 0 Å². The van der Waals surface area contributed by atoms with E-state index >= 15 is 0 Å². The molecule has 18 heavy (non-hydrogen) atoms. The highest BCUT2D eigenvalue weighted by molar-refractivity contribution is 6.35. The average Bonchev–Trinajstić information content (AvgIpc) is 2.70. The molecule has 2 aromatic rings. The van der Waals surface area contributed by atoms with Gasteiger partial charge in [-0.05, 0) is 30.9 Å². The van der Waals surface area contributed by atoms with Gasteiger partial charge in [-0.1, -0.05) is 23.7 Å². The third-order valence-corrected chi connectivity index (χ3v) is 3.88. The van der Waals surface area contributed by atoms with Crippen LogP contribution in [0.25, 0.3) is 10.9 Å². The van der Waals surface area contributed by atoms with Crippen molar-refractivity contribution in [3.63, 3.8) is 0 Å². The molecule has 0 unspecified atom stereocenters. The van der Waals surface area contributed by atoms with Gasteiger partial charge < -0.3 is 10.3 Å². The van der Waals surface area contributed by atoms with Gasteiger partial charge in [0.05, 0.1) is 16.6 Å². The van der Waals surface area contributed by atoms with E-state index in [1.807, 2.05) is 12.1 Å². The molecule has 3 nitrogen and oxygen atoms in total. The molecule has 0 radical (unpaired) electrons. The summed E-state index contributed by atoms with van der Waals surface area (Å²) in [6.07, 6.45) is 3.13. The van der Waals surface area contributed by atoms with E-state index in [0.717, 1.165) is 35.5 Å². The van der Waals surface area contributed by atoms with Crippen LogP contribution in [0.1, 0.15) is 37.1 Å². The van der Waals surface area contributed by atoms with Crippen molar-refractivity contribution in [1.29, 1.82) is 0 Å². The number of halogens is 1. The van der Waals surface area contributed by atoms with Crippen LogP contribution in [0.5, 0.6) is 0 Å². The van der Waals surface area contributed by atoms with Crippen molar-refractivity contribution < 1.29 is 4.79 Å². The van der Waals surface area contributed by atoms with Crippen LogP contribution in [0.15, 0.2) is 18.2 Å². The Morgan fingerprint density at radius 1 is 1.50 bits per heavy atom. The number of carbonyl (C=O) groups excluding carboxylic acids is 1. The largest absolute Gasteiger partial charge is 0.355 e. The first kappa shape index (κ1) is 11.6. The molecule has 94 valence electrons. The van der Waals surface area contributed by atoms with E-state index in [9.17, 15) is 4.79 Å². The SMILES string of the molecule is CC(=O)N[C@@H]1CCCc2c1[nH]c1c(Cl)cccc21. The Balaban J connectivity index is 2.15. The second-order valence-electron chi connectivity index (χ2n) is 4.82. The molecule has 1 amide bonds. The third kappa shape index (κ3) is 1.79. The van der Waals surface area contributed by atoms with Crippen molar-refractivity contribution >= 4 is 28.4 Å². The number of nitrogens with one attached hydrogen (secondary N) is 2. The zero-order valence-electron chi connectivity index (χ0n) is 10.2. The summed E-state index contributed by atoms with van der Waals surface area (Å²) in [5, 5.41) is 4.93. The lowest BCUT2D eigenvalue weighted by atomic mass is 9.92. The summed E-state index contributed by atoms with van der Waals surface area (Å²) in [6, 6.07) is 6.04. The number of hydrogen-bond acceptors (Lipinski definition) is 1. The first-order chi connectivity index (χ1) is 8.66. The van der Waals surface area contributed by atoms with Gasteiger partial charge in [-0.15, -0.1) is 0 Å². The molecule has 0 saturated heterocycles. The zero-order chi connectivity index (χ0) is 12.7. The summed E-state index contributed by atoms with van der Waals surface area (Å²) in [6.45, 7) is 1.56. The molecule has 0 fully saturated rings. The molecule has 1 aliphatic rings. The Kier molecular flexibility index (Phi) is 2.78. The van der Waals surface area contributed by atoms with Crippen molar-refractivity contribution in [3.05, 3.63) is 34.5 Å². The molecular weight excluding hydrogens is 248 g/mol. The molecule has 1 aliphatic carbocycles. The Bertz CT molecular complexity index is 618. The van der Waals surface area contributed by atoms with E-state index in [2.05, 4.69) is 16.4 Å². The molecule has 0 aliphatic heterocycles. The Morgan fingerprint density at radius 2 is 2.33 bits per heavy atom. The van der Waals surface area contributed by atoms with Gasteiger partial charge in [0.2, 0.25) is 5.91 Å². The summed E-state index contributed by atoms with van der Waals surface area (Å²) >= 11 is 6.21. The fourth-order valence-electron chi connectivity index (χ4n) is 2.84. The molecule has 1 aromatic heterocycles. The summed E-state index contributed by atoms with van der Waals surface area (Å²) in [7, 11) is 0. The van der Waals surface area contributed by atoms with Gasteiger partial charge >= 0.3 is 0 Å². The number of aromatic nitrogens is 1. The monoisotopic (exact) mass is 262 g/mol. The van der Waals surface area contributed by atoms with Crippen LogP contribution in [0.4, 0.5) is 0 Å². The molecule has 0 spiro atoms. The maximum atomic E-state index is 11.3. The maximum absolute atomic E-state index is 11.3.